The minimum absolute atomic E-state index is 0.0208. The number of carbonyl (C=O) groups excluding carboxylic acids is 2. The topological polar surface area (TPSA) is 68.3 Å². The van der Waals surface area contributed by atoms with Crippen molar-refractivity contribution in [3.8, 4) is 0 Å². The van der Waals surface area contributed by atoms with Gasteiger partial charge in [0.15, 0.2) is 0 Å². The SMILES string of the molecule is FC(F)(F)c1cc[c-]cc1.O=C1[CH-]C(=O)C2C3C=CC(C3)C12.[O]=[Os]=[O]. The molecule has 8 heteroatoms. The van der Waals surface area contributed by atoms with E-state index in [2.05, 4.69) is 18.2 Å². The molecule has 25 heavy (non-hydrogen) atoms. The number of halogens is 3. The van der Waals surface area contributed by atoms with Gasteiger partial charge in [-0.2, -0.15) is 43.5 Å². The van der Waals surface area contributed by atoms with Gasteiger partial charge in [0.1, 0.15) is 0 Å². The van der Waals surface area contributed by atoms with Gasteiger partial charge in [-0.15, -0.1) is 0 Å². The van der Waals surface area contributed by atoms with Crippen LogP contribution in [0.1, 0.15) is 12.0 Å². The summed E-state index contributed by atoms with van der Waals surface area (Å²) in [5, 5.41) is 0. The van der Waals surface area contributed by atoms with Crippen molar-refractivity contribution >= 4 is 11.6 Å². The average Bonchev–Trinajstić information content (AvgIpc) is 3.24. The number of rotatable bonds is 0. The van der Waals surface area contributed by atoms with E-state index in [1.165, 1.54) is 18.6 Å². The third-order valence-electron chi connectivity index (χ3n) is 4.45. The molecule has 0 saturated heterocycles. The molecule has 2 saturated carbocycles. The number of fused-ring (bicyclic) bond motifs is 5. The van der Waals surface area contributed by atoms with Gasteiger partial charge in [-0.25, -0.2) is 0 Å². The summed E-state index contributed by atoms with van der Waals surface area (Å²) in [6.45, 7) is 0. The number of alkyl halides is 3. The predicted molar refractivity (Wildman–Crippen MR) is 73.7 cm³/mol. The van der Waals surface area contributed by atoms with E-state index in [0.717, 1.165) is 18.6 Å². The number of Topliss-reactive ketones (excluding diaryl/α,β-unsaturated/α-hetero) is 2. The van der Waals surface area contributed by atoms with Crippen molar-refractivity contribution in [3.05, 3.63) is 54.5 Å². The molecule has 4 unspecified atom stereocenters. The fourth-order valence-corrected chi connectivity index (χ4v) is 3.51. The summed E-state index contributed by atoms with van der Waals surface area (Å²) < 4.78 is 52.3. The van der Waals surface area contributed by atoms with E-state index < -0.39 is 29.1 Å². The second kappa shape index (κ2) is 8.05. The van der Waals surface area contributed by atoms with Crippen molar-refractivity contribution in [1.82, 2.24) is 0 Å². The minimum atomic E-state index is -4.23. The van der Waals surface area contributed by atoms with Crippen LogP contribution in [-0.2, 0) is 40.2 Å². The monoisotopic (exact) mass is 530 g/mol. The maximum atomic E-state index is 11.8. The van der Waals surface area contributed by atoms with Crippen molar-refractivity contribution in [3.63, 3.8) is 0 Å². The van der Waals surface area contributed by atoms with Crippen LogP contribution in [0.5, 0.6) is 0 Å². The molecule has 2 fully saturated rings. The Hall–Kier alpha value is -1.80. The molecule has 3 aliphatic carbocycles. The molecule has 0 aliphatic heterocycles. The molecule has 4 nitrogen and oxygen atoms in total. The van der Waals surface area contributed by atoms with E-state index in [1.807, 2.05) is 0 Å². The number of hydrogen-bond donors (Lipinski definition) is 0. The first-order valence-electron chi connectivity index (χ1n) is 7.31. The second-order valence-corrected chi connectivity index (χ2v) is 6.22. The molecule has 1 aromatic carbocycles. The molecular weight excluding hydrogens is 515 g/mol. The van der Waals surface area contributed by atoms with Crippen LogP contribution in [0.15, 0.2) is 36.4 Å². The van der Waals surface area contributed by atoms with E-state index in [1.54, 1.807) is 0 Å². The molecule has 4 rings (SSSR count). The third-order valence-corrected chi connectivity index (χ3v) is 4.45. The van der Waals surface area contributed by atoms with Gasteiger partial charge in [-0.05, 0) is 18.3 Å². The number of benzene rings is 1. The first-order valence-corrected chi connectivity index (χ1v) is 9.38. The van der Waals surface area contributed by atoms with Gasteiger partial charge in [0.05, 0.1) is 0 Å². The Morgan fingerprint density at radius 3 is 1.80 bits per heavy atom. The average molecular weight is 529 g/mol. The Labute approximate surface area is 149 Å². The van der Waals surface area contributed by atoms with E-state index >= 15 is 0 Å². The summed E-state index contributed by atoms with van der Waals surface area (Å²) in [5.41, 5.74) is -0.633. The molecule has 3 aliphatic rings. The van der Waals surface area contributed by atoms with Crippen LogP contribution in [0, 0.1) is 36.2 Å². The molecule has 0 heterocycles. The van der Waals surface area contributed by atoms with Gasteiger partial charge in [-0.1, -0.05) is 17.7 Å². The Morgan fingerprint density at radius 2 is 1.44 bits per heavy atom. The van der Waals surface area contributed by atoms with E-state index in [0.29, 0.717) is 11.8 Å². The Balaban J connectivity index is 0.000000159. The number of ketones is 2. The Bertz CT molecular complexity index is 680. The van der Waals surface area contributed by atoms with Crippen molar-refractivity contribution in [1.29, 1.82) is 0 Å². The molecular formula is C17H13F3O4Os-2. The standard InChI is InChI=1S/C10H9O2.C7H4F3.2O.Os/c11-7-4-8(12)10-6-2-1-5(3-6)9(7)10;8-7(9,10)6-4-2-1-3-5-6;;;/h1-2,4-6,9-10H,3H2;2-5H;;;/q2*-1;;;. The summed E-state index contributed by atoms with van der Waals surface area (Å²) in [6.07, 6.45) is 2.32. The van der Waals surface area contributed by atoms with E-state index in [9.17, 15) is 22.8 Å². The zero-order valence-corrected chi connectivity index (χ0v) is 15.2. The first-order chi connectivity index (χ1) is 11.8. The summed E-state index contributed by atoms with van der Waals surface area (Å²) in [4.78, 5) is 22.7. The molecule has 136 valence electrons. The number of allylic oxidation sites excluding steroid dienone is 2. The molecule has 0 amide bonds. The maximum absolute atomic E-state index is 11.8. The van der Waals surface area contributed by atoms with Gasteiger partial charge in [0.2, 0.25) is 0 Å². The van der Waals surface area contributed by atoms with Crippen LogP contribution in [-0.4, -0.2) is 11.6 Å². The molecule has 0 radical (unpaired) electrons. The predicted octanol–water partition coefficient (Wildman–Crippen LogP) is 3.05. The quantitative estimate of drug-likeness (QED) is 0.384. The zero-order chi connectivity index (χ0) is 18.6. The van der Waals surface area contributed by atoms with Crippen molar-refractivity contribution < 1.29 is 47.2 Å². The van der Waals surface area contributed by atoms with Crippen LogP contribution in [0.2, 0.25) is 0 Å². The van der Waals surface area contributed by atoms with E-state index in [4.69, 9.17) is 7.08 Å². The van der Waals surface area contributed by atoms with Gasteiger partial charge in [0.25, 0.3) is 0 Å². The fourth-order valence-electron chi connectivity index (χ4n) is 3.51. The molecule has 1 aromatic rings. The van der Waals surface area contributed by atoms with Crippen LogP contribution >= 0.6 is 0 Å². The van der Waals surface area contributed by atoms with Gasteiger partial charge in [0, 0.05) is 23.4 Å². The first kappa shape index (κ1) is 19.5. The van der Waals surface area contributed by atoms with Crippen LogP contribution in [0.4, 0.5) is 13.2 Å². The molecule has 0 aromatic heterocycles. The summed E-state index contributed by atoms with van der Waals surface area (Å²) in [6, 6.07) is 6.95. The third kappa shape index (κ3) is 4.43. The van der Waals surface area contributed by atoms with E-state index in [-0.39, 0.29) is 23.4 Å². The van der Waals surface area contributed by atoms with Crippen LogP contribution in [0.3, 0.4) is 0 Å². The summed E-state index contributed by atoms with van der Waals surface area (Å²) >= 11 is -2.08. The van der Waals surface area contributed by atoms with Gasteiger partial charge >= 0.3 is 30.6 Å². The Kier molecular flexibility index (Phi) is 6.29. The van der Waals surface area contributed by atoms with Crippen molar-refractivity contribution in [2.24, 2.45) is 23.7 Å². The fraction of sp³-hybridized carbons (Fsp3) is 0.353. The number of hydrogen-bond acceptors (Lipinski definition) is 4. The normalized spacial score (nSPS) is 28.4. The molecule has 4 atom stereocenters. The molecule has 0 N–H and O–H groups in total. The van der Waals surface area contributed by atoms with Crippen LogP contribution < -0.4 is 0 Å². The molecule has 0 spiro atoms. The second-order valence-electron chi connectivity index (χ2n) is 5.79. The Morgan fingerprint density at radius 1 is 1.00 bits per heavy atom. The van der Waals surface area contributed by atoms with Gasteiger partial charge < -0.3 is 9.59 Å². The van der Waals surface area contributed by atoms with Gasteiger partial charge in [-0.3, -0.25) is 6.42 Å². The van der Waals surface area contributed by atoms with Crippen LogP contribution in [0.25, 0.3) is 0 Å². The summed E-state index contributed by atoms with van der Waals surface area (Å²) in [5.74, 6) is 0.925. The zero-order valence-electron chi connectivity index (χ0n) is 12.7. The number of carbonyl (C=O) groups is 2. The van der Waals surface area contributed by atoms with Crippen molar-refractivity contribution in [2.45, 2.75) is 12.6 Å². The molecule has 2 bridgehead atoms. The van der Waals surface area contributed by atoms with Crippen molar-refractivity contribution in [2.75, 3.05) is 0 Å². The summed E-state index contributed by atoms with van der Waals surface area (Å²) in [7, 11) is 0.